The Morgan fingerprint density at radius 3 is 0.709 bits per heavy atom. The van der Waals surface area contributed by atoms with Crippen LogP contribution < -0.4 is 5.32 Å². The van der Waals surface area contributed by atoms with Crippen molar-refractivity contribution >= 4 is 11.9 Å². The van der Waals surface area contributed by atoms with Gasteiger partial charge < -0.3 is 20.3 Å². The second-order valence-corrected chi connectivity index (χ2v) is 28.1. The van der Waals surface area contributed by atoms with E-state index in [9.17, 15) is 19.8 Å². The number of carbonyl (C=O) groups excluding carboxylic acids is 2. The number of rotatable bonds is 77. The van der Waals surface area contributed by atoms with Gasteiger partial charge in [-0.1, -0.05) is 438 Å². The van der Waals surface area contributed by atoms with Crippen molar-refractivity contribution in [3.8, 4) is 0 Å². The Morgan fingerprint density at radius 2 is 0.477 bits per heavy atom. The number of hydrogen-bond donors (Lipinski definition) is 3. The third kappa shape index (κ3) is 71.9. The molecule has 0 spiro atoms. The molecule has 2 unspecified atom stereocenters. The minimum atomic E-state index is -0.661. The van der Waals surface area contributed by atoms with Crippen LogP contribution in [0, 0.1) is 0 Å². The molecule has 0 aliphatic carbocycles. The third-order valence-electron chi connectivity index (χ3n) is 19.4. The van der Waals surface area contributed by atoms with Crippen LogP contribution in [0.1, 0.15) is 476 Å². The van der Waals surface area contributed by atoms with Crippen LogP contribution in [0.25, 0.3) is 0 Å². The van der Waals surface area contributed by atoms with Crippen molar-refractivity contribution < 1.29 is 24.5 Å². The van der Waals surface area contributed by atoms with E-state index in [1.165, 1.54) is 405 Å². The summed E-state index contributed by atoms with van der Waals surface area (Å²) in [7, 11) is 0. The summed E-state index contributed by atoms with van der Waals surface area (Å²) in [5, 5.41) is 23.4. The van der Waals surface area contributed by atoms with Crippen LogP contribution in [-0.2, 0) is 14.3 Å². The average molecular weight is 1220 g/mol. The number of hydrogen-bond acceptors (Lipinski definition) is 5. The lowest BCUT2D eigenvalue weighted by atomic mass is 10.0. The Kier molecular flexibility index (Phi) is 75.3. The zero-order chi connectivity index (χ0) is 62.0. The Bertz CT molecular complexity index is 1260. The smallest absolute Gasteiger partial charge is 0.305 e. The summed E-state index contributed by atoms with van der Waals surface area (Å²) in [6, 6.07) is -0.537. The number of nitrogens with one attached hydrogen (secondary N) is 1. The SMILES string of the molecule is CCCCCCCCCCCCCCCCCCCCCC(O)C(CO)NC(=O)CCCCCCCCCCCCCCCCCCCCCCCCCCCCCCCCCCCOC(=O)CCCCCCCCCCCCCCCCCCC. The molecule has 0 aliphatic rings. The molecule has 0 saturated heterocycles. The van der Waals surface area contributed by atoms with Crippen LogP contribution in [0.4, 0.5) is 0 Å². The number of amides is 1. The maximum atomic E-state index is 12.6. The number of ether oxygens (including phenoxy) is 1. The van der Waals surface area contributed by atoms with Gasteiger partial charge in [0.2, 0.25) is 5.91 Å². The summed E-state index contributed by atoms with van der Waals surface area (Å²) in [5.74, 6) is 0.00277. The summed E-state index contributed by atoms with van der Waals surface area (Å²) < 4.78 is 5.52. The molecule has 0 fully saturated rings. The lowest BCUT2D eigenvalue weighted by Gasteiger charge is -2.22. The molecule has 0 bridgehead atoms. The number of aliphatic hydroxyl groups is 2. The van der Waals surface area contributed by atoms with Crippen molar-refractivity contribution in [3.63, 3.8) is 0 Å². The maximum absolute atomic E-state index is 12.6. The highest BCUT2D eigenvalue weighted by Gasteiger charge is 2.20. The van der Waals surface area contributed by atoms with E-state index in [0.29, 0.717) is 25.9 Å². The predicted octanol–water partition coefficient (Wildman–Crippen LogP) is 26.5. The number of aliphatic hydroxyl groups excluding tert-OH is 2. The van der Waals surface area contributed by atoms with Crippen LogP contribution in [0.2, 0.25) is 0 Å². The van der Waals surface area contributed by atoms with Gasteiger partial charge in [-0.05, 0) is 25.7 Å². The molecule has 86 heavy (non-hydrogen) atoms. The van der Waals surface area contributed by atoms with Crippen molar-refractivity contribution in [1.29, 1.82) is 0 Å². The highest BCUT2D eigenvalue weighted by molar-refractivity contribution is 5.76. The molecule has 3 N–H and O–H groups in total. The van der Waals surface area contributed by atoms with Crippen molar-refractivity contribution in [2.45, 2.75) is 488 Å². The third-order valence-corrected chi connectivity index (χ3v) is 19.4. The number of carbonyl (C=O) groups is 2. The van der Waals surface area contributed by atoms with Crippen molar-refractivity contribution in [2.75, 3.05) is 13.2 Å². The van der Waals surface area contributed by atoms with Crippen molar-refractivity contribution in [2.24, 2.45) is 0 Å². The lowest BCUT2D eigenvalue weighted by molar-refractivity contribution is -0.143. The number of unbranched alkanes of at least 4 members (excludes halogenated alkanes) is 66. The Morgan fingerprint density at radius 1 is 0.279 bits per heavy atom. The predicted molar refractivity (Wildman–Crippen MR) is 380 cm³/mol. The van der Waals surface area contributed by atoms with Gasteiger partial charge in [-0.3, -0.25) is 9.59 Å². The molecule has 0 aliphatic heterocycles. The molecule has 0 heterocycles. The fraction of sp³-hybridized carbons (Fsp3) is 0.975. The van der Waals surface area contributed by atoms with Crippen LogP contribution in [0.5, 0.6) is 0 Å². The van der Waals surface area contributed by atoms with Crippen LogP contribution in [0.3, 0.4) is 0 Å². The maximum Gasteiger partial charge on any atom is 0.305 e. The summed E-state index contributed by atoms with van der Waals surface area (Å²) in [6.45, 7) is 5.02. The zero-order valence-electron chi connectivity index (χ0n) is 59.1. The Labute approximate surface area is 540 Å². The van der Waals surface area contributed by atoms with Crippen molar-refractivity contribution in [3.05, 3.63) is 0 Å². The quantitative estimate of drug-likeness (QED) is 0.0417. The normalized spacial score (nSPS) is 12.4. The van der Waals surface area contributed by atoms with Crippen molar-refractivity contribution in [1.82, 2.24) is 5.32 Å². The Hall–Kier alpha value is -1.14. The van der Waals surface area contributed by atoms with Gasteiger partial charge in [0, 0.05) is 12.8 Å². The van der Waals surface area contributed by atoms with Gasteiger partial charge >= 0.3 is 5.97 Å². The van der Waals surface area contributed by atoms with Gasteiger partial charge in [0.05, 0.1) is 25.4 Å². The molecule has 6 heteroatoms. The van der Waals surface area contributed by atoms with Gasteiger partial charge in [-0.2, -0.15) is 0 Å². The highest BCUT2D eigenvalue weighted by atomic mass is 16.5. The molecule has 1 amide bonds. The molecule has 6 nitrogen and oxygen atoms in total. The van der Waals surface area contributed by atoms with E-state index in [0.717, 1.165) is 38.5 Å². The summed E-state index contributed by atoms with van der Waals surface area (Å²) in [4.78, 5) is 24.7. The minimum absolute atomic E-state index is 0.0245. The van der Waals surface area contributed by atoms with E-state index in [-0.39, 0.29) is 18.5 Å². The van der Waals surface area contributed by atoms with Crippen LogP contribution >= 0.6 is 0 Å². The minimum Gasteiger partial charge on any atom is -0.466 e. The van der Waals surface area contributed by atoms with E-state index in [1.54, 1.807) is 0 Å². The zero-order valence-corrected chi connectivity index (χ0v) is 59.1. The van der Waals surface area contributed by atoms with E-state index in [2.05, 4.69) is 19.2 Å². The first-order valence-electron chi connectivity index (χ1n) is 40.3. The lowest BCUT2D eigenvalue weighted by Crippen LogP contribution is -2.45. The fourth-order valence-corrected chi connectivity index (χ4v) is 13.3. The summed E-state index contributed by atoms with van der Waals surface area (Å²) >= 11 is 0. The second kappa shape index (κ2) is 76.3. The van der Waals surface area contributed by atoms with E-state index in [1.807, 2.05) is 0 Å². The average Bonchev–Trinajstić information content (AvgIpc) is 3.57. The molecular weight excluding hydrogens is 1050 g/mol. The molecule has 0 rings (SSSR count). The van der Waals surface area contributed by atoms with Gasteiger partial charge in [-0.25, -0.2) is 0 Å². The van der Waals surface area contributed by atoms with Gasteiger partial charge in [-0.15, -0.1) is 0 Å². The van der Waals surface area contributed by atoms with Crippen LogP contribution in [-0.4, -0.2) is 47.4 Å². The second-order valence-electron chi connectivity index (χ2n) is 28.1. The fourth-order valence-electron chi connectivity index (χ4n) is 13.3. The van der Waals surface area contributed by atoms with E-state index in [4.69, 9.17) is 4.74 Å². The van der Waals surface area contributed by atoms with Crippen LogP contribution in [0.15, 0.2) is 0 Å². The largest absolute Gasteiger partial charge is 0.466 e. The molecule has 2 atom stereocenters. The molecule has 0 aromatic rings. The molecular formula is C80H159NO5. The Balaban J connectivity index is 3.30. The first-order valence-corrected chi connectivity index (χ1v) is 40.3. The molecule has 0 aromatic carbocycles. The first-order chi connectivity index (χ1) is 42.5. The molecule has 0 saturated carbocycles. The standard InChI is InChI=1S/C80H159NO5/c1-3-5-7-9-11-13-15-17-19-21-37-41-44-48-52-56-60-64-68-72-78(83)77(76-82)81-79(84)73-69-65-61-57-53-49-45-42-38-35-33-31-29-27-25-23-22-24-26-28-30-32-34-36-39-43-47-51-55-59-63-67-71-75-86-80(85)74-70-66-62-58-54-50-46-40-20-18-16-14-12-10-8-6-4-2/h77-78,82-83H,3-76H2,1-2H3,(H,81,84). The van der Waals surface area contributed by atoms with Gasteiger partial charge in [0.25, 0.3) is 0 Å². The van der Waals surface area contributed by atoms with Gasteiger partial charge in [0.1, 0.15) is 0 Å². The monoisotopic (exact) mass is 1210 g/mol. The van der Waals surface area contributed by atoms with E-state index >= 15 is 0 Å². The van der Waals surface area contributed by atoms with Gasteiger partial charge in [0.15, 0.2) is 0 Å². The topological polar surface area (TPSA) is 95.9 Å². The first kappa shape index (κ1) is 84.9. The summed E-state index contributed by atoms with van der Waals surface area (Å²) in [6.07, 6.45) is 94.9. The molecule has 514 valence electrons. The highest BCUT2D eigenvalue weighted by Crippen LogP contribution is 2.21. The molecule has 0 radical (unpaired) electrons. The van der Waals surface area contributed by atoms with E-state index < -0.39 is 12.1 Å². The number of esters is 1. The molecule has 0 aromatic heterocycles. The summed E-state index contributed by atoms with van der Waals surface area (Å²) in [5.41, 5.74) is 0.